The fraction of sp³-hybridized carbons (Fsp3) is 0.273. The fourth-order valence-corrected chi connectivity index (χ4v) is 3.77. The number of urea groups is 1. The molecule has 7 heteroatoms. The third-order valence-electron chi connectivity index (χ3n) is 5.34. The number of benzene rings is 2. The van der Waals surface area contributed by atoms with E-state index in [-0.39, 0.29) is 18.7 Å². The first-order valence-electron chi connectivity index (χ1n) is 9.52. The lowest BCUT2D eigenvalue weighted by atomic mass is 10.0. The summed E-state index contributed by atoms with van der Waals surface area (Å²) < 4.78 is 5.27. The van der Waals surface area contributed by atoms with E-state index in [1.807, 2.05) is 55.6 Å². The van der Waals surface area contributed by atoms with Gasteiger partial charge < -0.3 is 14.7 Å². The Labute approximate surface area is 169 Å². The monoisotopic (exact) mass is 392 g/mol. The molecule has 2 aromatic carbocycles. The van der Waals surface area contributed by atoms with Crippen LogP contribution in [0.1, 0.15) is 11.1 Å². The normalized spacial score (nSPS) is 16.5. The van der Waals surface area contributed by atoms with E-state index in [0.717, 1.165) is 33.7 Å². The van der Waals surface area contributed by atoms with E-state index in [1.165, 1.54) is 0 Å². The van der Waals surface area contributed by atoms with Crippen molar-refractivity contribution in [2.24, 2.45) is 0 Å². The topological polar surface area (TPSA) is 81.7 Å². The number of aromatic nitrogens is 2. The number of nitrogens with zero attached hydrogens (tertiary/aromatic N) is 3. The number of hydrogen-bond donors (Lipinski definition) is 2. The zero-order chi connectivity index (χ0) is 20.4. The van der Waals surface area contributed by atoms with Crippen LogP contribution in [0.5, 0.6) is 5.75 Å². The van der Waals surface area contributed by atoms with Crippen LogP contribution < -0.4 is 9.64 Å². The van der Waals surface area contributed by atoms with Gasteiger partial charge in [-0.15, -0.1) is 0 Å². The van der Waals surface area contributed by atoms with Gasteiger partial charge in [-0.3, -0.25) is 10.00 Å². The van der Waals surface area contributed by atoms with Gasteiger partial charge in [-0.1, -0.05) is 18.2 Å². The Balaban J connectivity index is 1.57. The van der Waals surface area contributed by atoms with Gasteiger partial charge in [-0.25, -0.2) is 4.79 Å². The molecular formula is C22H24N4O3. The molecule has 1 atom stereocenters. The van der Waals surface area contributed by atoms with Crippen molar-refractivity contribution in [2.45, 2.75) is 19.5 Å². The number of rotatable bonds is 6. The molecule has 3 aromatic rings. The molecule has 1 fully saturated rings. The number of aromatic amines is 1. The summed E-state index contributed by atoms with van der Waals surface area (Å²) in [5.41, 5.74) is 4.93. The van der Waals surface area contributed by atoms with Gasteiger partial charge in [0.2, 0.25) is 0 Å². The van der Waals surface area contributed by atoms with Crippen molar-refractivity contribution in [1.82, 2.24) is 15.1 Å². The van der Waals surface area contributed by atoms with E-state index in [9.17, 15) is 9.90 Å². The lowest BCUT2D eigenvalue weighted by Gasteiger charge is -2.22. The van der Waals surface area contributed by atoms with Gasteiger partial charge in [0, 0.05) is 24.0 Å². The van der Waals surface area contributed by atoms with Crippen LogP contribution >= 0.6 is 0 Å². The molecule has 2 N–H and O–H groups in total. The zero-order valence-corrected chi connectivity index (χ0v) is 16.5. The summed E-state index contributed by atoms with van der Waals surface area (Å²) in [6, 6.07) is 13.2. The van der Waals surface area contributed by atoms with Gasteiger partial charge in [0.1, 0.15) is 5.75 Å². The Morgan fingerprint density at radius 3 is 2.83 bits per heavy atom. The molecule has 150 valence electrons. The maximum absolute atomic E-state index is 13.2. The van der Waals surface area contributed by atoms with Crippen molar-refractivity contribution in [3.05, 3.63) is 66.0 Å². The number of carbonyl (C=O) groups is 1. The molecule has 1 unspecified atom stereocenters. The number of aryl methyl sites for hydroxylation is 1. The van der Waals surface area contributed by atoms with Crippen molar-refractivity contribution < 1.29 is 14.6 Å². The number of H-pyrrole nitrogens is 1. The average molecular weight is 392 g/mol. The minimum absolute atomic E-state index is 0.0850. The quantitative estimate of drug-likeness (QED) is 0.675. The summed E-state index contributed by atoms with van der Waals surface area (Å²) >= 11 is 0. The molecule has 2 heterocycles. The second kappa shape index (κ2) is 7.97. The number of nitrogens with one attached hydrogen (secondary N) is 1. The van der Waals surface area contributed by atoms with Crippen molar-refractivity contribution in [3.63, 3.8) is 0 Å². The number of amides is 2. The summed E-state index contributed by atoms with van der Waals surface area (Å²) in [6.07, 6.45) is 3.63. The van der Waals surface area contributed by atoms with Crippen LogP contribution in [-0.2, 0) is 6.54 Å². The van der Waals surface area contributed by atoms with E-state index >= 15 is 0 Å². The van der Waals surface area contributed by atoms with Crippen molar-refractivity contribution in [1.29, 1.82) is 0 Å². The van der Waals surface area contributed by atoms with Crippen LogP contribution in [0.25, 0.3) is 11.1 Å². The molecule has 0 aliphatic carbocycles. The molecule has 1 aliphatic heterocycles. The first kappa shape index (κ1) is 19.0. The van der Waals surface area contributed by atoms with Crippen LogP contribution in [0.4, 0.5) is 10.5 Å². The van der Waals surface area contributed by atoms with Crippen molar-refractivity contribution in [2.75, 3.05) is 25.2 Å². The van der Waals surface area contributed by atoms with Gasteiger partial charge in [0.05, 0.1) is 32.5 Å². The van der Waals surface area contributed by atoms with Crippen molar-refractivity contribution >= 4 is 11.7 Å². The molecular weight excluding hydrogens is 368 g/mol. The molecule has 4 rings (SSSR count). The van der Waals surface area contributed by atoms with Gasteiger partial charge in [0.15, 0.2) is 0 Å². The van der Waals surface area contributed by atoms with Gasteiger partial charge >= 0.3 is 6.03 Å². The second-order valence-electron chi connectivity index (χ2n) is 7.20. The smallest absolute Gasteiger partial charge is 0.325 e. The number of ether oxygens (including phenoxy) is 1. The van der Waals surface area contributed by atoms with Crippen molar-refractivity contribution in [3.8, 4) is 16.9 Å². The predicted molar refractivity (Wildman–Crippen MR) is 111 cm³/mol. The summed E-state index contributed by atoms with van der Waals surface area (Å²) in [5, 5.41) is 16.7. The molecule has 1 aliphatic rings. The van der Waals surface area contributed by atoms with E-state index in [4.69, 9.17) is 4.74 Å². The highest BCUT2D eigenvalue weighted by Gasteiger charge is 2.37. The predicted octanol–water partition coefficient (Wildman–Crippen LogP) is 3.20. The zero-order valence-electron chi connectivity index (χ0n) is 16.5. The molecule has 0 radical (unpaired) electrons. The van der Waals surface area contributed by atoms with Crippen LogP contribution in [-0.4, -0.2) is 52.5 Å². The molecule has 0 spiro atoms. The first-order chi connectivity index (χ1) is 14.1. The third kappa shape index (κ3) is 3.69. The molecule has 1 saturated heterocycles. The molecule has 0 bridgehead atoms. The van der Waals surface area contributed by atoms with Crippen LogP contribution in [0.2, 0.25) is 0 Å². The third-order valence-corrected chi connectivity index (χ3v) is 5.34. The molecule has 1 aromatic heterocycles. The summed E-state index contributed by atoms with van der Waals surface area (Å²) in [7, 11) is 1.62. The SMILES string of the molecule is COc1cccc(CN2C(=O)N(c3ccc(-c4cn[nH]c4)c(C)c3)CC2CO)c1. The maximum Gasteiger partial charge on any atom is 0.325 e. The maximum atomic E-state index is 13.2. The van der Waals surface area contributed by atoms with Gasteiger partial charge in [-0.2, -0.15) is 5.10 Å². The highest BCUT2D eigenvalue weighted by molar-refractivity contribution is 5.95. The number of aliphatic hydroxyl groups excluding tert-OH is 1. The first-order valence-corrected chi connectivity index (χ1v) is 9.52. The number of anilines is 1. The molecule has 7 nitrogen and oxygen atoms in total. The van der Waals surface area contributed by atoms with E-state index in [2.05, 4.69) is 10.2 Å². The molecule has 2 amide bonds. The van der Waals surface area contributed by atoms with Crippen LogP contribution in [0.15, 0.2) is 54.9 Å². The van der Waals surface area contributed by atoms with Gasteiger partial charge in [0.25, 0.3) is 0 Å². The lowest BCUT2D eigenvalue weighted by Crippen LogP contribution is -2.36. The fourth-order valence-electron chi connectivity index (χ4n) is 3.77. The highest BCUT2D eigenvalue weighted by Crippen LogP contribution is 2.30. The Hall–Kier alpha value is -3.32. The van der Waals surface area contributed by atoms with E-state index in [0.29, 0.717) is 13.1 Å². The Morgan fingerprint density at radius 1 is 1.28 bits per heavy atom. The Morgan fingerprint density at radius 2 is 2.14 bits per heavy atom. The Bertz CT molecular complexity index is 1000. The highest BCUT2D eigenvalue weighted by atomic mass is 16.5. The standard InChI is InChI=1S/C22H24N4O3/c1-15-8-18(6-7-21(15)17-10-23-24-11-17)26-13-19(14-27)25(22(26)28)12-16-4-3-5-20(9-16)29-2/h3-11,19,27H,12-14H2,1-2H3,(H,23,24). The van der Waals surface area contributed by atoms with Gasteiger partial charge in [-0.05, 0) is 47.9 Å². The molecule has 29 heavy (non-hydrogen) atoms. The van der Waals surface area contributed by atoms with Crippen LogP contribution in [0, 0.1) is 6.92 Å². The van der Waals surface area contributed by atoms with Crippen LogP contribution in [0.3, 0.4) is 0 Å². The molecule has 0 saturated carbocycles. The number of methoxy groups -OCH3 is 1. The largest absolute Gasteiger partial charge is 0.497 e. The summed E-state index contributed by atoms with van der Waals surface area (Å²) in [6.45, 7) is 2.80. The number of carbonyl (C=O) groups excluding carboxylic acids is 1. The van der Waals surface area contributed by atoms with E-state index in [1.54, 1.807) is 23.1 Å². The number of hydrogen-bond acceptors (Lipinski definition) is 4. The minimum atomic E-state index is -0.262. The summed E-state index contributed by atoms with van der Waals surface area (Å²) in [5.74, 6) is 0.747. The lowest BCUT2D eigenvalue weighted by molar-refractivity contribution is 0.161. The second-order valence-corrected chi connectivity index (χ2v) is 7.20. The Kier molecular flexibility index (Phi) is 5.22. The average Bonchev–Trinajstić information content (AvgIpc) is 3.37. The number of aliphatic hydroxyl groups is 1. The van der Waals surface area contributed by atoms with E-state index < -0.39 is 0 Å². The summed E-state index contributed by atoms with van der Waals surface area (Å²) in [4.78, 5) is 16.6. The minimum Gasteiger partial charge on any atom is -0.497 e.